The quantitative estimate of drug-likeness (QED) is 0.788. The number of piperidine rings is 1. The monoisotopic (exact) mass is 415 g/mol. The van der Waals surface area contributed by atoms with E-state index in [2.05, 4.69) is 16.7 Å². The van der Waals surface area contributed by atoms with E-state index in [1.807, 2.05) is 44.3 Å². The summed E-state index contributed by atoms with van der Waals surface area (Å²) in [6.07, 6.45) is 1.85. The van der Waals surface area contributed by atoms with Crippen molar-refractivity contribution in [2.75, 3.05) is 27.2 Å². The summed E-state index contributed by atoms with van der Waals surface area (Å²) in [5.41, 5.74) is 2.09. The molecule has 1 aliphatic heterocycles. The summed E-state index contributed by atoms with van der Waals surface area (Å²) in [6, 6.07) is 14.3. The summed E-state index contributed by atoms with van der Waals surface area (Å²) in [6.45, 7) is 3.96. The lowest BCUT2D eigenvalue weighted by molar-refractivity contribution is 0.0658. The third kappa shape index (κ3) is 5.23. The second-order valence-electron chi connectivity index (χ2n) is 7.74. The maximum Gasteiger partial charge on any atom is 0.254 e. The van der Waals surface area contributed by atoms with Crippen molar-refractivity contribution in [3.63, 3.8) is 0 Å². The molecular formula is C22H29N3O3S. The van der Waals surface area contributed by atoms with Crippen LogP contribution in [-0.4, -0.2) is 57.4 Å². The van der Waals surface area contributed by atoms with E-state index in [0.29, 0.717) is 5.56 Å². The van der Waals surface area contributed by atoms with Crippen LogP contribution in [0.25, 0.3) is 0 Å². The van der Waals surface area contributed by atoms with E-state index in [0.717, 1.165) is 37.1 Å². The van der Waals surface area contributed by atoms with Crippen LogP contribution in [-0.2, 0) is 16.6 Å². The number of sulfonamides is 1. The van der Waals surface area contributed by atoms with Crippen molar-refractivity contribution in [2.24, 2.45) is 0 Å². The summed E-state index contributed by atoms with van der Waals surface area (Å²) in [5, 5.41) is 0. The highest BCUT2D eigenvalue weighted by molar-refractivity contribution is 7.89. The Kier molecular flexibility index (Phi) is 6.72. The number of benzene rings is 2. The molecule has 1 aliphatic rings. The molecule has 1 amide bonds. The van der Waals surface area contributed by atoms with Crippen LogP contribution < -0.4 is 4.72 Å². The minimum absolute atomic E-state index is 0.110. The van der Waals surface area contributed by atoms with Gasteiger partial charge in [0.15, 0.2) is 0 Å². The lowest BCUT2D eigenvalue weighted by Crippen LogP contribution is -2.44. The number of hydrogen-bond acceptors (Lipinski definition) is 4. The molecule has 0 spiro atoms. The van der Waals surface area contributed by atoms with Crippen LogP contribution in [0.3, 0.4) is 0 Å². The summed E-state index contributed by atoms with van der Waals surface area (Å²) < 4.78 is 28.1. The Bertz CT molecular complexity index is 953. The van der Waals surface area contributed by atoms with Gasteiger partial charge in [0.25, 0.3) is 5.91 Å². The number of rotatable bonds is 6. The van der Waals surface area contributed by atoms with E-state index in [4.69, 9.17) is 0 Å². The van der Waals surface area contributed by atoms with Crippen molar-refractivity contribution in [3.05, 3.63) is 65.2 Å². The largest absolute Gasteiger partial charge is 0.339 e. The number of aryl methyl sites for hydroxylation is 1. The molecule has 0 unspecified atom stereocenters. The molecule has 6 nitrogen and oxygen atoms in total. The number of amides is 1. The minimum Gasteiger partial charge on any atom is -0.339 e. The van der Waals surface area contributed by atoms with Crippen LogP contribution in [0.5, 0.6) is 0 Å². The highest BCUT2D eigenvalue weighted by atomic mass is 32.2. The highest BCUT2D eigenvalue weighted by Crippen LogP contribution is 2.21. The maximum absolute atomic E-state index is 13.1. The number of carbonyl (C=O) groups excluding carboxylic acids is 1. The fourth-order valence-corrected chi connectivity index (χ4v) is 4.64. The van der Waals surface area contributed by atoms with Crippen molar-refractivity contribution >= 4 is 15.9 Å². The first kappa shape index (κ1) is 21.5. The van der Waals surface area contributed by atoms with Gasteiger partial charge in [0.1, 0.15) is 0 Å². The number of nitrogens with one attached hydrogen (secondary N) is 1. The highest BCUT2D eigenvalue weighted by Gasteiger charge is 2.26. The molecule has 2 aromatic carbocycles. The van der Waals surface area contributed by atoms with Crippen molar-refractivity contribution in [1.82, 2.24) is 14.5 Å². The molecule has 29 heavy (non-hydrogen) atoms. The Morgan fingerprint density at radius 3 is 2.45 bits per heavy atom. The first-order valence-electron chi connectivity index (χ1n) is 9.88. The first-order chi connectivity index (χ1) is 13.8. The third-order valence-corrected chi connectivity index (χ3v) is 7.01. The molecule has 2 aromatic rings. The predicted octanol–water partition coefficient (Wildman–Crippen LogP) is 2.64. The standard InChI is InChI=1S/C22H29N3O3S/c1-17-9-10-20(29(27,28)23-16-18-7-5-4-6-8-18)15-21(17)22(26)25(3)19-11-13-24(2)14-12-19/h4-10,15,19,23H,11-14,16H2,1-3H3. The second-order valence-corrected chi connectivity index (χ2v) is 9.50. The molecule has 156 valence electrons. The van der Waals surface area contributed by atoms with Gasteiger partial charge >= 0.3 is 0 Å². The van der Waals surface area contributed by atoms with E-state index < -0.39 is 10.0 Å². The Labute approximate surface area is 173 Å². The van der Waals surface area contributed by atoms with Gasteiger partial charge in [-0.1, -0.05) is 36.4 Å². The summed E-state index contributed by atoms with van der Waals surface area (Å²) >= 11 is 0. The van der Waals surface area contributed by atoms with E-state index in [1.165, 1.54) is 6.07 Å². The van der Waals surface area contributed by atoms with Crippen molar-refractivity contribution in [1.29, 1.82) is 0 Å². The van der Waals surface area contributed by atoms with Crippen LogP contribution in [0.2, 0.25) is 0 Å². The zero-order valence-corrected chi connectivity index (χ0v) is 18.1. The third-order valence-electron chi connectivity index (χ3n) is 5.62. The second kappa shape index (κ2) is 9.07. The fraction of sp³-hybridized carbons (Fsp3) is 0.409. The molecule has 7 heteroatoms. The molecule has 1 fully saturated rings. The van der Waals surface area contributed by atoms with E-state index in [-0.39, 0.29) is 23.4 Å². The first-order valence-corrected chi connectivity index (χ1v) is 11.4. The van der Waals surface area contributed by atoms with Gasteiger partial charge in [-0.3, -0.25) is 4.79 Å². The predicted molar refractivity (Wildman–Crippen MR) is 114 cm³/mol. The number of nitrogens with zero attached hydrogens (tertiary/aromatic N) is 2. The Morgan fingerprint density at radius 2 is 1.79 bits per heavy atom. The van der Waals surface area contributed by atoms with Gasteiger partial charge in [0, 0.05) is 25.2 Å². The smallest absolute Gasteiger partial charge is 0.254 e. The van der Waals surface area contributed by atoms with Crippen LogP contribution >= 0.6 is 0 Å². The number of hydrogen-bond donors (Lipinski definition) is 1. The van der Waals surface area contributed by atoms with Crippen LogP contribution in [0.15, 0.2) is 53.4 Å². The Morgan fingerprint density at radius 1 is 1.14 bits per heavy atom. The van der Waals surface area contributed by atoms with Crippen LogP contribution in [0.4, 0.5) is 0 Å². The zero-order valence-electron chi connectivity index (χ0n) is 17.3. The van der Waals surface area contributed by atoms with Gasteiger partial charge in [0.2, 0.25) is 10.0 Å². The van der Waals surface area contributed by atoms with Crippen LogP contribution in [0, 0.1) is 6.92 Å². The number of carbonyl (C=O) groups is 1. The van der Waals surface area contributed by atoms with Gasteiger partial charge < -0.3 is 9.80 Å². The normalized spacial score (nSPS) is 16.0. The molecule has 0 aromatic heterocycles. The number of likely N-dealkylation sites (tertiary alicyclic amines) is 1. The average molecular weight is 416 g/mol. The molecule has 0 radical (unpaired) electrons. The van der Waals surface area contributed by atoms with E-state index in [9.17, 15) is 13.2 Å². The fourth-order valence-electron chi connectivity index (χ4n) is 3.59. The SMILES string of the molecule is Cc1ccc(S(=O)(=O)NCc2ccccc2)cc1C(=O)N(C)C1CCN(C)CC1. The molecule has 1 heterocycles. The van der Waals surface area contributed by atoms with Gasteiger partial charge in [-0.15, -0.1) is 0 Å². The van der Waals surface area contributed by atoms with Gasteiger partial charge in [-0.05, 0) is 63.2 Å². The topological polar surface area (TPSA) is 69.7 Å². The molecular weight excluding hydrogens is 386 g/mol. The van der Waals surface area contributed by atoms with Gasteiger partial charge in [-0.25, -0.2) is 13.1 Å². The van der Waals surface area contributed by atoms with Crippen LogP contribution in [0.1, 0.15) is 34.3 Å². The summed E-state index contributed by atoms with van der Waals surface area (Å²) in [5.74, 6) is -0.128. The lowest BCUT2D eigenvalue weighted by Gasteiger charge is -2.35. The molecule has 1 N–H and O–H groups in total. The molecule has 0 aliphatic carbocycles. The minimum atomic E-state index is -3.72. The van der Waals surface area contributed by atoms with Crippen molar-refractivity contribution < 1.29 is 13.2 Å². The average Bonchev–Trinajstić information content (AvgIpc) is 2.73. The summed E-state index contributed by atoms with van der Waals surface area (Å²) in [7, 11) is 0.178. The van der Waals surface area contributed by atoms with E-state index >= 15 is 0 Å². The van der Waals surface area contributed by atoms with Gasteiger partial charge in [-0.2, -0.15) is 0 Å². The maximum atomic E-state index is 13.1. The molecule has 1 saturated heterocycles. The van der Waals surface area contributed by atoms with Crippen molar-refractivity contribution in [2.45, 2.75) is 37.2 Å². The lowest BCUT2D eigenvalue weighted by atomic mass is 10.0. The Balaban J connectivity index is 1.77. The summed E-state index contributed by atoms with van der Waals surface area (Å²) in [4.78, 5) is 17.2. The van der Waals surface area contributed by atoms with Crippen molar-refractivity contribution in [3.8, 4) is 0 Å². The van der Waals surface area contributed by atoms with E-state index in [1.54, 1.807) is 17.0 Å². The molecule has 0 bridgehead atoms. The molecule has 3 rings (SSSR count). The Hall–Kier alpha value is -2.22. The van der Waals surface area contributed by atoms with Gasteiger partial charge in [0.05, 0.1) is 4.90 Å². The zero-order chi connectivity index (χ0) is 21.0. The molecule has 0 saturated carbocycles. The molecule has 0 atom stereocenters.